The van der Waals surface area contributed by atoms with Gasteiger partial charge in [0.2, 0.25) is 0 Å². The first-order valence-corrected chi connectivity index (χ1v) is 8.30. The van der Waals surface area contributed by atoms with Gasteiger partial charge < -0.3 is 4.57 Å². The molecule has 3 aromatic rings. The second kappa shape index (κ2) is 5.99. The molecular weight excluding hydrogens is 392 g/mol. The number of halogens is 1. The number of nitro benzene ring substituents is 1. The molecule has 0 aliphatic carbocycles. The van der Waals surface area contributed by atoms with E-state index in [9.17, 15) is 19.7 Å². The van der Waals surface area contributed by atoms with Crippen LogP contribution in [-0.2, 0) is 20.6 Å². The minimum absolute atomic E-state index is 0.0724. The molecule has 9 heteroatoms. The van der Waals surface area contributed by atoms with Gasteiger partial charge >= 0.3 is 5.69 Å². The Labute approximate surface area is 150 Å². The van der Waals surface area contributed by atoms with Gasteiger partial charge in [0.05, 0.1) is 21.5 Å². The van der Waals surface area contributed by atoms with Gasteiger partial charge in [0.15, 0.2) is 0 Å². The molecule has 0 saturated carbocycles. The molecule has 0 amide bonds. The van der Waals surface area contributed by atoms with E-state index in [0.717, 1.165) is 4.57 Å². The Morgan fingerprint density at radius 2 is 1.88 bits per heavy atom. The maximum Gasteiger partial charge on any atom is 0.330 e. The molecule has 0 aliphatic rings. The molecule has 0 atom stereocenters. The van der Waals surface area contributed by atoms with E-state index in [1.807, 2.05) is 11.5 Å². The summed E-state index contributed by atoms with van der Waals surface area (Å²) < 4.78 is 4.88. The molecule has 0 radical (unpaired) electrons. The van der Waals surface area contributed by atoms with Crippen molar-refractivity contribution in [1.29, 1.82) is 0 Å². The van der Waals surface area contributed by atoms with Gasteiger partial charge in [-0.25, -0.2) is 4.79 Å². The SMILES string of the molecule is CCn1cc2c(c1-c1cc([N+](=O)[O-])ccc1Br)c(=O)n(C)c(=O)n2C. The topological polar surface area (TPSA) is 92.1 Å². The number of rotatable bonds is 3. The molecule has 130 valence electrons. The molecule has 25 heavy (non-hydrogen) atoms. The normalized spacial score (nSPS) is 11.2. The van der Waals surface area contributed by atoms with Crippen LogP contribution in [0.3, 0.4) is 0 Å². The summed E-state index contributed by atoms with van der Waals surface area (Å²) in [5.41, 5.74) is 0.639. The zero-order valence-corrected chi connectivity index (χ0v) is 15.4. The summed E-state index contributed by atoms with van der Waals surface area (Å²) in [6, 6.07) is 4.40. The predicted octanol–water partition coefficient (Wildman–Crippen LogP) is 2.40. The van der Waals surface area contributed by atoms with Crippen LogP contribution in [0.5, 0.6) is 0 Å². The second-order valence-corrected chi connectivity index (χ2v) is 6.51. The molecular formula is C16H15BrN4O4. The monoisotopic (exact) mass is 406 g/mol. The lowest BCUT2D eigenvalue weighted by molar-refractivity contribution is -0.384. The van der Waals surface area contributed by atoms with Gasteiger partial charge in [-0.3, -0.25) is 24.0 Å². The van der Waals surface area contributed by atoms with Crippen LogP contribution in [0, 0.1) is 10.1 Å². The van der Waals surface area contributed by atoms with Crippen molar-refractivity contribution < 1.29 is 4.92 Å². The number of benzene rings is 1. The molecule has 2 aromatic heterocycles. The minimum atomic E-state index is -0.481. The van der Waals surface area contributed by atoms with Crippen molar-refractivity contribution >= 4 is 32.5 Å². The summed E-state index contributed by atoms with van der Waals surface area (Å²) in [4.78, 5) is 35.6. The zero-order valence-electron chi connectivity index (χ0n) is 13.8. The van der Waals surface area contributed by atoms with E-state index < -0.39 is 16.2 Å². The van der Waals surface area contributed by atoms with E-state index in [-0.39, 0.29) is 5.69 Å². The number of aryl methyl sites for hydroxylation is 2. The van der Waals surface area contributed by atoms with E-state index in [4.69, 9.17) is 0 Å². The summed E-state index contributed by atoms with van der Waals surface area (Å²) >= 11 is 3.41. The average molecular weight is 407 g/mol. The fraction of sp³-hybridized carbons (Fsp3) is 0.250. The van der Waals surface area contributed by atoms with Gasteiger partial charge in [0, 0.05) is 49.0 Å². The first-order valence-electron chi connectivity index (χ1n) is 7.51. The number of fused-ring (bicyclic) bond motifs is 1. The summed E-state index contributed by atoms with van der Waals surface area (Å²) in [6.45, 7) is 2.44. The highest BCUT2D eigenvalue weighted by Crippen LogP contribution is 2.35. The van der Waals surface area contributed by atoms with E-state index in [1.54, 1.807) is 19.3 Å². The number of hydrogen-bond acceptors (Lipinski definition) is 4. The maximum atomic E-state index is 12.7. The van der Waals surface area contributed by atoms with Gasteiger partial charge in [-0.1, -0.05) is 15.9 Å². The number of hydrogen-bond donors (Lipinski definition) is 0. The van der Waals surface area contributed by atoms with Crippen molar-refractivity contribution in [2.45, 2.75) is 13.5 Å². The Kier molecular flexibility index (Phi) is 4.11. The van der Waals surface area contributed by atoms with Crippen LogP contribution < -0.4 is 11.2 Å². The van der Waals surface area contributed by atoms with Crippen LogP contribution in [0.1, 0.15) is 6.92 Å². The lowest BCUT2D eigenvalue weighted by Crippen LogP contribution is -2.36. The summed E-state index contributed by atoms with van der Waals surface area (Å²) in [7, 11) is 3.01. The number of aromatic nitrogens is 3. The average Bonchev–Trinajstić information content (AvgIpc) is 2.97. The van der Waals surface area contributed by atoms with Gasteiger partial charge in [-0.2, -0.15) is 0 Å². The van der Waals surface area contributed by atoms with Gasteiger partial charge in [0.25, 0.3) is 11.2 Å². The van der Waals surface area contributed by atoms with Crippen molar-refractivity contribution in [2.75, 3.05) is 0 Å². The lowest BCUT2D eigenvalue weighted by Gasteiger charge is -2.10. The smallest absolute Gasteiger partial charge is 0.330 e. The lowest BCUT2D eigenvalue weighted by atomic mass is 10.1. The number of nitro groups is 1. The Bertz CT molecular complexity index is 1140. The summed E-state index contributed by atoms with van der Waals surface area (Å²) in [6.07, 6.45) is 1.72. The first-order chi connectivity index (χ1) is 11.8. The molecule has 0 N–H and O–H groups in total. The number of nitrogens with zero attached hydrogens (tertiary/aromatic N) is 4. The third-order valence-corrected chi connectivity index (χ3v) is 4.96. The Hall–Kier alpha value is -2.68. The standard InChI is InChI=1S/C16H15BrN4O4/c1-4-20-8-12-13(15(22)19(3)16(23)18(12)2)14(20)10-7-9(21(24)25)5-6-11(10)17/h5-8H,4H2,1-3H3. The molecule has 3 rings (SSSR count). The van der Waals surface area contributed by atoms with E-state index >= 15 is 0 Å². The molecule has 0 bridgehead atoms. The molecule has 0 aliphatic heterocycles. The van der Waals surface area contributed by atoms with Crippen molar-refractivity contribution in [3.05, 3.63) is 59.8 Å². The minimum Gasteiger partial charge on any atom is -0.345 e. The molecule has 0 fully saturated rings. The maximum absolute atomic E-state index is 12.7. The molecule has 0 spiro atoms. The van der Waals surface area contributed by atoms with E-state index in [1.165, 1.54) is 23.7 Å². The first kappa shape index (κ1) is 17.2. The van der Waals surface area contributed by atoms with Crippen LogP contribution in [0.15, 0.2) is 38.5 Å². The highest BCUT2D eigenvalue weighted by molar-refractivity contribution is 9.10. The number of non-ortho nitro benzene ring substituents is 1. The second-order valence-electron chi connectivity index (χ2n) is 5.65. The van der Waals surface area contributed by atoms with Crippen LogP contribution in [-0.4, -0.2) is 18.6 Å². The van der Waals surface area contributed by atoms with Crippen LogP contribution in [0.25, 0.3) is 22.2 Å². The molecule has 1 aromatic carbocycles. The Balaban J connectivity index is 2.53. The Morgan fingerprint density at radius 3 is 2.48 bits per heavy atom. The van der Waals surface area contributed by atoms with E-state index in [2.05, 4.69) is 15.9 Å². The van der Waals surface area contributed by atoms with Gasteiger partial charge in [-0.05, 0) is 13.0 Å². The van der Waals surface area contributed by atoms with Crippen molar-refractivity contribution in [3.63, 3.8) is 0 Å². The third-order valence-electron chi connectivity index (χ3n) is 4.27. The Morgan fingerprint density at radius 1 is 1.20 bits per heavy atom. The van der Waals surface area contributed by atoms with Crippen LogP contribution >= 0.6 is 15.9 Å². The van der Waals surface area contributed by atoms with Crippen LogP contribution in [0.2, 0.25) is 0 Å². The van der Waals surface area contributed by atoms with Crippen molar-refractivity contribution in [2.24, 2.45) is 14.1 Å². The van der Waals surface area contributed by atoms with Gasteiger partial charge in [0.1, 0.15) is 0 Å². The predicted molar refractivity (Wildman–Crippen MR) is 97.9 cm³/mol. The molecule has 2 heterocycles. The van der Waals surface area contributed by atoms with Crippen molar-refractivity contribution in [1.82, 2.24) is 13.7 Å². The third kappa shape index (κ3) is 2.51. The molecule has 8 nitrogen and oxygen atoms in total. The quantitative estimate of drug-likeness (QED) is 0.493. The summed E-state index contributed by atoms with van der Waals surface area (Å²) in [5.74, 6) is 0. The largest absolute Gasteiger partial charge is 0.345 e. The fourth-order valence-electron chi connectivity index (χ4n) is 2.94. The highest BCUT2D eigenvalue weighted by atomic mass is 79.9. The van der Waals surface area contributed by atoms with Crippen LogP contribution in [0.4, 0.5) is 5.69 Å². The van der Waals surface area contributed by atoms with Crippen molar-refractivity contribution in [3.8, 4) is 11.3 Å². The highest BCUT2D eigenvalue weighted by Gasteiger charge is 2.22. The fourth-order valence-corrected chi connectivity index (χ4v) is 3.37. The van der Waals surface area contributed by atoms with Gasteiger partial charge in [-0.15, -0.1) is 0 Å². The summed E-state index contributed by atoms with van der Waals surface area (Å²) in [5, 5.41) is 11.5. The molecule has 0 unspecified atom stereocenters. The molecule has 0 saturated heterocycles. The van der Waals surface area contributed by atoms with E-state index in [0.29, 0.717) is 33.2 Å². The zero-order chi connectivity index (χ0) is 18.5.